The SMILES string of the molecule is CCCN(C(=O)C1CCCC(N)C1)C(C)C(=O)Nc1ccccc1.Cl. The molecule has 6 heteroatoms. The highest BCUT2D eigenvalue weighted by atomic mass is 35.5. The van der Waals surface area contributed by atoms with Crippen LogP contribution in [0.25, 0.3) is 0 Å². The Morgan fingerprint density at radius 3 is 2.56 bits per heavy atom. The molecule has 0 aromatic heterocycles. The molecule has 3 unspecified atom stereocenters. The highest BCUT2D eigenvalue weighted by molar-refractivity contribution is 5.97. The fourth-order valence-electron chi connectivity index (χ4n) is 3.33. The van der Waals surface area contributed by atoms with Gasteiger partial charge in [0, 0.05) is 24.2 Å². The number of hydrogen-bond donors (Lipinski definition) is 2. The minimum absolute atomic E-state index is 0. The maximum absolute atomic E-state index is 12.9. The molecule has 0 radical (unpaired) electrons. The monoisotopic (exact) mass is 367 g/mol. The number of carbonyl (C=O) groups excluding carboxylic acids is 2. The normalized spacial score (nSPS) is 20.9. The van der Waals surface area contributed by atoms with Gasteiger partial charge in [0.05, 0.1) is 0 Å². The van der Waals surface area contributed by atoms with Gasteiger partial charge in [0.25, 0.3) is 0 Å². The van der Waals surface area contributed by atoms with Crippen LogP contribution in [-0.4, -0.2) is 35.3 Å². The third kappa shape index (κ3) is 6.01. The lowest BCUT2D eigenvalue weighted by molar-refractivity contribution is -0.142. The summed E-state index contributed by atoms with van der Waals surface area (Å²) in [5.41, 5.74) is 6.77. The molecule has 0 heterocycles. The van der Waals surface area contributed by atoms with E-state index in [1.54, 1.807) is 11.8 Å². The summed E-state index contributed by atoms with van der Waals surface area (Å²) in [5, 5.41) is 2.89. The molecule has 0 spiro atoms. The van der Waals surface area contributed by atoms with Crippen LogP contribution >= 0.6 is 12.4 Å². The molecule has 0 aliphatic heterocycles. The summed E-state index contributed by atoms with van der Waals surface area (Å²) >= 11 is 0. The number of nitrogens with two attached hydrogens (primary N) is 1. The maximum Gasteiger partial charge on any atom is 0.246 e. The molecule has 0 bridgehead atoms. The Kier molecular flexibility index (Phi) is 8.93. The van der Waals surface area contributed by atoms with Crippen LogP contribution in [0.1, 0.15) is 46.0 Å². The van der Waals surface area contributed by atoms with Crippen molar-refractivity contribution in [3.05, 3.63) is 30.3 Å². The van der Waals surface area contributed by atoms with E-state index in [0.29, 0.717) is 6.54 Å². The highest BCUT2D eigenvalue weighted by Gasteiger charge is 2.33. The van der Waals surface area contributed by atoms with E-state index in [9.17, 15) is 9.59 Å². The largest absolute Gasteiger partial charge is 0.331 e. The Morgan fingerprint density at radius 1 is 1.28 bits per heavy atom. The number of para-hydroxylation sites is 1. The van der Waals surface area contributed by atoms with Crippen molar-refractivity contribution >= 4 is 29.9 Å². The van der Waals surface area contributed by atoms with E-state index in [-0.39, 0.29) is 36.2 Å². The van der Waals surface area contributed by atoms with E-state index in [1.165, 1.54) is 0 Å². The van der Waals surface area contributed by atoms with E-state index in [4.69, 9.17) is 5.73 Å². The van der Waals surface area contributed by atoms with Gasteiger partial charge in [0.2, 0.25) is 11.8 Å². The molecule has 2 rings (SSSR count). The minimum atomic E-state index is -0.490. The zero-order valence-corrected chi connectivity index (χ0v) is 15.9. The number of rotatable bonds is 6. The summed E-state index contributed by atoms with van der Waals surface area (Å²) in [6, 6.07) is 8.95. The van der Waals surface area contributed by atoms with Gasteiger partial charge in [-0.15, -0.1) is 12.4 Å². The first-order valence-corrected chi connectivity index (χ1v) is 8.95. The first-order valence-electron chi connectivity index (χ1n) is 8.95. The molecule has 0 saturated heterocycles. The summed E-state index contributed by atoms with van der Waals surface area (Å²) in [7, 11) is 0. The number of amides is 2. The zero-order chi connectivity index (χ0) is 17.5. The van der Waals surface area contributed by atoms with Gasteiger partial charge in [-0.1, -0.05) is 31.5 Å². The first-order chi connectivity index (χ1) is 11.5. The zero-order valence-electron chi connectivity index (χ0n) is 15.1. The molecular formula is C19H30ClN3O2. The predicted molar refractivity (Wildman–Crippen MR) is 104 cm³/mol. The Labute approximate surface area is 156 Å². The molecule has 1 aliphatic carbocycles. The Bertz CT molecular complexity index is 553. The lowest BCUT2D eigenvalue weighted by atomic mass is 9.85. The molecule has 1 aliphatic rings. The Balaban J connectivity index is 0.00000312. The number of benzene rings is 1. The highest BCUT2D eigenvalue weighted by Crippen LogP contribution is 2.26. The second-order valence-corrected chi connectivity index (χ2v) is 6.69. The number of halogens is 1. The second-order valence-electron chi connectivity index (χ2n) is 6.69. The topological polar surface area (TPSA) is 75.4 Å². The van der Waals surface area contributed by atoms with Crippen LogP contribution in [-0.2, 0) is 9.59 Å². The standard InChI is InChI=1S/C19H29N3O2.ClH/c1-3-12-22(19(24)15-8-7-9-16(20)13-15)14(2)18(23)21-17-10-5-4-6-11-17;/h4-6,10-11,14-16H,3,7-9,12-13,20H2,1-2H3,(H,21,23);1H. The van der Waals surface area contributed by atoms with E-state index < -0.39 is 6.04 Å². The number of hydrogen-bond acceptors (Lipinski definition) is 3. The second kappa shape index (κ2) is 10.4. The quantitative estimate of drug-likeness (QED) is 0.810. The van der Waals surface area contributed by atoms with Crippen LogP contribution in [0.15, 0.2) is 30.3 Å². The molecule has 3 N–H and O–H groups in total. The Hall–Kier alpha value is -1.59. The maximum atomic E-state index is 12.9. The van der Waals surface area contributed by atoms with Crippen molar-refractivity contribution in [2.45, 2.75) is 58.0 Å². The van der Waals surface area contributed by atoms with Crippen LogP contribution in [0.5, 0.6) is 0 Å². The van der Waals surface area contributed by atoms with Crippen LogP contribution in [0.2, 0.25) is 0 Å². The molecule has 1 saturated carbocycles. The molecular weight excluding hydrogens is 338 g/mol. The number of anilines is 1. The minimum Gasteiger partial charge on any atom is -0.331 e. The lowest BCUT2D eigenvalue weighted by Crippen LogP contribution is -2.49. The molecule has 3 atom stereocenters. The summed E-state index contributed by atoms with van der Waals surface area (Å²) < 4.78 is 0. The van der Waals surface area contributed by atoms with Crippen LogP contribution < -0.4 is 11.1 Å². The smallest absolute Gasteiger partial charge is 0.246 e. The van der Waals surface area contributed by atoms with Gasteiger partial charge >= 0.3 is 0 Å². The van der Waals surface area contributed by atoms with Crippen molar-refractivity contribution in [1.29, 1.82) is 0 Å². The fraction of sp³-hybridized carbons (Fsp3) is 0.579. The third-order valence-electron chi connectivity index (χ3n) is 4.70. The van der Waals surface area contributed by atoms with E-state index >= 15 is 0 Å². The van der Waals surface area contributed by atoms with Crippen molar-refractivity contribution in [3.8, 4) is 0 Å². The molecule has 5 nitrogen and oxygen atoms in total. The lowest BCUT2D eigenvalue weighted by Gasteiger charge is -2.34. The summed E-state index contributed by atoms with van der Waals surface area (Å²) in [5.74, 6) is -0.127. The van der Waals surface area contributed by atoms with Crippen molar-refractivity contribution in [3.63, 3.8) is 0 Å². The first kappa shape index (κ1) is 21.5. The van der Waals surface area contributed by atoms with Crippen molar-refractivity contribution in [2.24, 2.45) is 11.7 Å². The summed E-state index contributed by atoms with van der Waals surface area (Å²) in [6.07, 6.45) is 4.41. The van der Waals surface area contributed by atoms with Gasteiger partial charge in [0.15, 0.2) is 0 Å². The van der Waals surface area contributed by atoms with Gasteiger partial charge in [-0.3, -0.25) is 9.59 Å². The predicted octanol–water partition coefficient (Wildman–Crippen LogP) is 3.19. The molecule has 25 heavy (non-hydrogen) atoms. The number of nitrogens with zero attached hydrogens (tertiary/aromatic N) is 1. The van der Waals surface area contributed by atoms with Gasteiger partial charge in [0.1, 0.15) is 6.04 Å². The number of nitrogens with one attached hydrogen (secondary N) is 1. The number of carbonyl (C=O) groups is 2. The molecule has 1 aromatic carbocycles. The van der Waals surface area contributed by atoms with Gasteiger partial charge in [-0.05, 0) is 44.7 Å². The molecule has 1 fully saturated rings. The molecule has 1 aromatic rings. The molecule has 140 valence electrons. The Morgan fingerprint density at radius 2 is 1.96 bits per heavy atom. The third-order valence-corrected chi connectivity index (χ3v) is 4.70. The van der Waals surface area contributed by atoms with Crippen LogP contribution in [0.4, 0.5) is 5.69 Å². The van der Waals surface area contributed by atoms with Gasteiger partial charge in [-0.2, -0.15) is 0 Å². The van der Waals surface area contributed by atoms with Crippen molar-refractivity contribution in [2.75, 3.05) is 11.9 Å². The van der Waals surface area contributed by atoms with Crippen LogP contribution in [0.3, 0.4) is 0 Å². The van der Waals surface area contributed by atoms with Crippen molar-refractivity contribution in [1.82, 2.24) is 4.90 Å². The van der Waals surface area contributed by atoms with E-state index in [0.717, 1.165) is 37.8 Å². The summed E-state index contributed by atoms with van der Waals surface area (Å²) in [4.78, 5) is 27.2. The fourth-order valence-corrected chi connectivity index (χ4v) is 3.33. The molecule has 2 amide bonds. The average Bonchev–Trinajstić information content (AvgIpc) is 2.59. The average molecular weight is 368 g/mol. The van der Waals surface area contributed by atoms with E-state index in [2.05, 4.69) is 5.32 Å². The van der Waals surface area contributed by atoms with Crippen molar-refractivity contribution < 1.29 is 9.59 Å². The van der Waals surface area contributed by atoms with Crippen LogP contribution in [0, 0.1) is 5.92 Å². The van der Waals surface area contributed by atoms with Gasteiger partial charge < -0.3 is 16.0 Å². The van der Waals surface area contributed by atoms with E-state index in [1.807, 2.05) is 37.3 Å². The van der Waals surface area contributed by atoms with Gasteiger partial charge in [-0.25, -0.2) is 0 Å². The summed E-state index contributed by atoms with van der Waals surface area (Å²) in [6.45, 7) is 4.41.